The van der Waals surface area contributed by atoms with Gasteiger partial charge in [0.25, 0.3) is 5.91 Å². The fourth-order valence-electron chi connectivity index (χ4n) is 3.97. The van der Waals surface area contributed by atoms with Crippen molar-refractivity contribution in [1.29, 1.82) is 0 Å². The van der Waals surface area contributed by atoms with E-state index in [1.54, 1.807) is 12.1 Å². The normalized spacial score (nSPS) is 19.7. The van der Waals surface area contributed by atoms with Crippen LogP contribution in [-0.2, 0) is 4.79 Å². The minimum absolute atomic E-state index is 0.00250. The van der Waals surface area contributed by atoms with Crippen molar-refractivity contribution in [3.63, 3.8) is 0 Å². The first-order valence-electron chi connectivity index (χ1n) is 9.97. The molecular weight excluding hydrogens is 326 g/mol. The Morgan fingerprint density at radius 3 is 2.62 bits per heavy atom. The molecule has 0 bridgehead atoms. The maximum Gasteiger partial charge on any atom is 0.278 e. The summed E-state index contributed by atoms with van der Waals surface area (Å²) in [6.45, 7) is 6.60. The molecule has 1 aromatic rings. The van der Waals surface area contributed by atoms with E-state index in [9.17, 15) is 9.90 Å². The predicted octanol–water partition coefficient (Wildman–Crippen LogP) is 1.49. The van der Waals surface area contributed by atoms with Crippen LogP contribution in [0.4, 0.5) is 5.69 Å². The molecular formula is C21H32N3O2+. The van der Waals surface area contributed by atoms with E-state index in [0.29, 0.717) is 5.75 Å². The summed E-state index contributed by atoms with van der Waals surface area (Å²) >= 11 is 0. The number of carbonyl (C=O) groups is 1. The highest BCUT2D eigenvalue weighted by molar-refractivity contribution is 5.79. The first kappa shape index (κ1) is 18.8. The van der Waals surface area contributed by atoms with Crippen LogP contribution in [0.15, 0.2) is 35.9 Å². The fraction of sp³-hybridized carbons (Fsp3) is 0.571. The van der Waals surface area contributed by atoms with Crippen LogP contribution in [0, 0.1) is 0 Å². The first-order chi connectivity index (χ1) is 12.6. The van der Waals surface area contributed by atoms with E-state index in [1.807, 2.05) is 19.1 Å². The number of quaternary nitrogens is 1. The van der Waals surface area contributed by atoms with Crippen LogP contribution >= 0.6 is 0 Å². The molecule has 5 nitrogen and oxygen atoms in total. The van der Waals surface area contributed by atoms with Gasteiger partial charge in [-0.2, -0.15) is 0 Å². The lowest BCUT2D eigenvalue weighted by Crippen LogP contribution is -3.19. The molecule has 1 fully saturated rings. The Morgan fingerprint density at radius 1 is 1.23 bits per heavy atom. The largest absolute Gasteiger partial charge is 0.508 e. The summed E-state index contributed by atoms with van der Waals surface area (Å²) in [6.07, 6.45) is 8.37. The van der Waals surface area contributed by atoms with Crippen LogP contribution in [0.2, 0.25) is 0 Å². The van der Waals surface area contributed by atoms with Gasteiger partial charge in [0, 0.05) is 12.2 Å². The number of aromatic hydroxyl groups is 1. The summed E-state index contributed by atoms with van der Waals surface area (Å²) in [6, 6.07) is 7.36. The summed E-state index contributed by atoms with van der Waals surface area (Å²) in [5.74, 6) is 0.474. The molecule has 1 aliphatic heterocycles. The van der Waals surface area contributed by atoms with Crippen LogP contribution < -0.4 is 15.1 Å². The van der Waals surface area contributed by atoms with E-state index >= 15 is 0 Å². The molecule has 0 spiro atoms. The number of hydrogen-bond acceptors (Lipinski definition) is 3. The molecule has 1 amide bonds. The third kappa shape index (κ3) is 5.01. The maximum absolute atomic E-state index is 12.5. The second kappa shape index (κ2) is 9.08. The van der Waals surface area contributed by atoms with Gasteiger partial charge in [-0.1, -0.05) is 11.6 Å². The molecule has 3 rings (SSSR count). The lowest BCUT2D eigenvalue weighted by atomic mass is 9.97. The topological polar surface area (TPSA) is 57.0 Å². The van der Waals surface area contributed by atoms with Crippen LogP contribution in [0.5, 0.6) is 5.75 Å². The first-order valence-corrected chi connectivity index (χ1v) is 9.97. The number of nitrogens with one attached hydrogen (secondary N) is 2. The molecule has 1 atom stereocenters. The van der Waals surface area contributed by atoms with Gasteiger partial charge in [-0.25, -0.2) is 0 Å². The molecule has 26 heavy (non-hydrogen) atoms. The van der Waals surface area contributed by atoms with E-state index in [2.05, 4.69) is 16.3 Å². The Balaban J connectivity index is 1.41. The molecule has 0 radical (unpaired) electrons. The highest BCUT2D eigenvalue weighted by Gasteiger charge is 2.29. The number of amides is 1. The smallest absolute Gasteiger partial charge is 0.278 e. The van der Waals surface area contributed by atoms with Gasteiger partial charge >= 0.3 is 0 Å². The maximum atomic E-state index is 12.5. The molecule has 3 N–H and O–H groups in total. The number of hydrogen-bond donors (Lipinski definition) is 3. The standard InChI is InChI=1S/C21H31N3O2/c1-17(21(26)22-12-11-18-5-3-2-4-6-18)23-13-15-24(16-14-23)19-7-9-20(25)10-8-19/h5,7-10,17,25H,2-4,6,11-16H2,1H3,(H,22,26)/p+1/t17-/m1/s1. The number of piperazine rings is 1. The van der Waals surface area contributed by atoms with Crippen molar-refractivity contribution in [2.45, 2.75) is 45.1 Å². The third-order valence-electron chi connectivity index (χ3n) is 5.76. The Kier molecular flexibility index (Phi) is 6.56. The highest BCUT2D eigenvalue weighted by atomic mass is 16.3. The second-order valence-corrected chi connectivity index (χ2v) is 7.53. The van der Waals surface area contributed by atoms with Crippen LogP contribution in [0.25, 0.3) is 0 Å². The number of allylic oxidation sites excluding steroid dienone is 1. The molecule has 1 aliphatic carbocycles. The van der Waals surface area contributed by atoms with E-state index in [4.69, 9.17) is 0 Å². The van der Waals surface area contributed by atoms with E-state index in [0.717, 1.165) is 44.8 Å². The summed E-state index contributed by atoms with van der Waals surface area (Å²) < 4.78 is 0. The number of rotatable bonds is 6. The molecule has 142 valence electrons. The average molecular weight is 359 g/mol. The lowest BCUT2D eigenvalue weighted by Gasteiger charge is -2.36. The Bertz CT molecular complexity index is 619. The van der Waals surface area contributed by atoms with Crippen LogP contribution in [0.1, 0.15) is 39.0 Å². The van der Waals surface area contributed by atoms with Gasteiger partial charge in [-0.15, -0.1) is 0 Å². The monoisotopic (exact) mass is 358 g/mol. The van der Waals surface area contributed by atoms with Gasteiger partial charge in [-0.05, 0) is 63.3 Å². The highest BCUT2D eigenvalue weighted by Crippen LogP contribution is 2.19. The van der Waals surface area contributed by atoms with Crippen LogP contribution in [-0.4, -0.2) is 49.8 Å². The second-order valence-electron chi connectivity index (χ2n) is 7.53. The quantitative estimate of drug-likeness (QED) is 0.676. The molecule has 1 saturated heterocycles. The number of anilines is 1. The zero-order chi connectivity index (χ0) is 18.4. The summed E-state index contributed by atoms with van der Waals surface area (Å²) in [5.41, 5.74) is 2.65. The Labute approximate surface area is 156 Å². The van der Waals surface area contributed by atoms with Gasteiger partial charge < -0.3 is 20.2 Å². The van der Waals surface area contributed by atoms with Gasteiger partial charge in [-0.3, -0.25) is 4.79 Å². The van der Waals surface area contributed by atoms with Crippen molar-refractivity contribution in [2.24, 2.45) is 0 Å². The zero-order valence-corrected chi connectivity index (χ0v) is 15.8. The van der Waals surface area contributed by atoms with Gasteiger partial charge in [0.05, 0.1) is 26.2 Å². The summed E-state index contributed by atoms with van der Waals surface area (Å²) in [4.78, 5) is 16.2. The van der Waals surface area contributed by atoms with E-state index in [-0.39, 0.29) is 11.9 Å². The number of carbonyl (C=O) groups excluding carboxylic acids is 1. The van der Waals surface area contributed by atoms with Crippen molar-refractivity contribution >= 4 is 11.6 Å². The summed E-state index contributed by atoms with van der Waals surface area (Å²) in [5, 5.41) is 12.5. The zero-order valence-electron chi connectivity index (χ0n) is 15.8. The van der Waals surface area contributed by atoms with Gasteiger partial charge in [0.2, 0.25) is 0 Å². The molecule has 2 aliphatic rings. The van der Waals surface area contributed by atoms with E-state index < -0.39 is 0 Å². The number of phenolic OH excluding ortho intramolecular Hbond substituents is 1. The predicted molar refractivity (Wildman–Crippen MR) is 105 cm³/mol. The van der Waals surface area contributed by atoms with Crippen molar-refractivity contribution in [1.82, 2.24) is 5.32 Å². The summed E-state index contributed by atoms with van der Waals surface area (Å²) in [7, 11) is 0. The number of phenols is 1. The molecule has 0 aromatic heterocycles. The van der Waals surface area contributed by atoms with Gasteiger partial charge in [0.1, 0.15) is 5.75 Å². The lowest BCUT2D eigenvalue weighted by molar-refractivity contribution is -0.914. The Morgan fingerprint density at radius 2 is 1.96 bits per heavy atom. The number of nitrogens with zero attached hydrogens (tertiary/aromatic N) is 1. The van der Waals surface area contributed by atoms with Crippen molar-refractivity contribution in [3.8, 4) is 5.75 Å². The average Bonchev–Trinajstić information content (AvgIpc) is 2.69. The van der Waals surface area contributed by atoms with Crippen molar-refractivity contribution in [2.75, 3.05) is 37.6 Å². The SMILES string of the molecule is C[C@H](C(=O)NCCC1=CCCCC1)[NH+]1CCN(c2ccc(O)cc2)CC1. The third-order valence-corrected chi connectivity index (χ3v) is 5.76. The minimum Gasteiger partial charge on any atom is -0.508 e. The van der Waals surface area contributed by atoms with Crippen LogP contribution in [0.3, 0.4) is 0 Å². The Hall–Kier alpha value is -2.01. The van der Waals surface area contributed by atoms with Crippen molar-refractivity contribution < 1.29 is 14.8 Å². The fourth-order valence-corrected chi connectivity index (χ4v) is 3.97. The minimum atomic E-state index is -0.00250. The van der Waals surface area contributed by atoms with Crippen molar-refractivity contribution in [3.05, 3.63) is 35.9 Å². The van der Waals surface area contributed by atoms with Gasteiger partial charge in [0.15, 0.2) is 6.04 Å². The molecule has 5 heteroatoms. The molecule has 0 unspecified atom stereocenters. The molecule has 0 saturated carbocycles. The van der Waals surface area contributed by atoms with E-state index in [1.165, 1.54) is 36.2 Å². The molecule has 1 heterocycles. The molecule has 1 aromatic carbocycles. The number of benzene rings is 1.